The number of amides is 5. The number of carbonyl (C=O) groups is 6. The van der Waals surface area contributed by atoms with Crippen LogP contribution in [0.25, 0.3) is 10.9 Å². The van der Waals surface area contributed by atoms with Crippen molar-refractivity contribution in [3.63, 3.8) is 0 Å². The van der Waals surface area contributed by atoms with Crippen molar-refractivity contribution in [2.75, 3.05) is 6.54 Å². The largest absolute Gasteiger partial charge is 0.480 e. The molecule has 0 bridgehead atoms. The van der Waals surface area contributed by atoms with Gasteiger partial charge in [0, 0.05) is 36.4 Å². The molecule has 1 fully saturated rings. The number of carboxylic acid groups (broad SMARTS) is 1. The molecule has 0 spiro atoms. The summed E-state index contributed by atoms with van der Waals surface area (Å²) in [6, 6.07) is 2.89. The molecular weight excluding hydrogens is 522 g/mol. The zero-order valence-corrected chi connectivity index (χ0v) is 21.9. The monoisotopic (exact) mass is 557 g/mol. The van der Waals surface area contributed by atoms with Gasteiger partial charge in [0.25, 0.3) is 0 Å². The number of H-pyrrole nitrogens is 1. The number of aromatic nitrogens is 1. The maximum absolute atomic E-state index is 13.2. The van der Waals surface area contributed by atoms with Gasteiger partial charge in [-0.25, -0.2) is 4.79 Å². The molecule has 1 aliphatic rings. The Morgan fingerprint density at radius 2 is 1.50 bits per heavy atom. The number of rotatable bonds is 15. The minimum Gasteiger partial charge on any atom is -0.480 e. The lowest BCUT2D eigenvalue weighted by atomic mass is 10.0. The van der Waals surface area contributed by atoms with Crippen molar-refractivity contribution < 1.29 is 33.9 Å². The molecular formula is C26H35N7O7. The highest BCUT2D eigenvalue weighted by molar-refractivity contribution is 5.95. The van der Waals surface area contributed by atoms with E-state index in [1.165, 1.54) is 0 Å². The number of fused-ring (bicyclic) bond motifs is 1. The molecule has 5 amide bonds. The third kappa shape index (κ3) is 8.53. The summed E-state index contributed by atoms with van der Waals surface area (Å²) in [6.45, 7) is 0.648. The van der Waals surface area contributed by atoms with Crippen LogP contribution in [-0.4, -0.2) is 76.3 Å². The number of nitrogens with two attached hydrogens (primary N) is 2. The number of aliphatic carboxylic acids is 1. The van der Waals surface area contributed by atoms with Crippen molar-refractivity contribution in [3.8, 4) is 0 Å². The average molecular weight is 558 g/mol. The van der Waals surface area contributed by atoms with Crippen molar-refractivity contribution in [3.05, 3.63) is 36.0 Å². The van der Waals surface area contributed by atoms with Crippen molar-refractivity contribution in [2.24, 2.45) is 11.5 Å². The maximum atomic E-state index is 13.2. The molecule has 40 heavy (non-hydrogen) atoms. The molecule has 4 unspecified atom stereocenters. The van der Waals surface area contributed by atoms with Gasteiger partial charge in [0.05, 0.1) is 6.04 Å². The second-order valence-electron chi connectivity index (χ2n) is 9.74. The number of nitrogens with one attached hydrogen (secondary N) is 5. The van der Waals surface area contributed by atoms with E-state index in [1.54, 1.807) is 12.3 Å². The first-order valence-corrected chi connectivity index (χ1v) is 13.0. The van der Waals surface area contributed by atoms with Crippen LogP contribution in [0.5, 0.6) is 0 Å². The molecule has 0 radical (unpaired) electrons. The summed E-state index contributed by atoms with van der Waals surface area (Å²) in [5.74, 6) is -4.79. The topological polar surface area (TPSA) is 239 Å². The van der Waals surface area contributed by atoms with Crippen molar-refractivity contribution in [1.29, 1.82) is 0 Å². The van der Waals surface area contributed by atoms with Gasteiger partial charge in [-0.1, -0.05) is 18.2 Å². The molecule has 4 atom stereocenters. The van der Waals surface area contributed by atoms with Gasteiger partial charge in [0.2, 0.25) is 29.5 Å². The molecule has 14 heteroatoms. The van der Waals surface area contributed by atoms with Crippen LogP contribution in [0.15, 0.2) is 30.5 Å². The first-order valence-electron chi connectivity index (χ1n) is 13.0. The van der Waals surface area contributed by atoms with Gasteiger partial charge in [-0.2, -0.15) is 0 Å². The number of primary amides is 2. The molecule has 1 saturated heterocycles. The molecule has 1 aliphatic heterocycles. The van der Waals surface area contributed by atoms with E-state index < -0.39 is 59.7 Å². The molecule has 2 heterocycles. The van der Waals surface area contributed by atoms with Gasteiger partial charge in [-0.05, 0) is 43.9 Å². The van der Waals surface area contributed by atoms with Crippen LogP contribution in [0.1, 0.15) is 44.1 Å². The smallest absolute Gasteiger partial charge is 0.326 e. The molecule has 10 N–H and O–H groups in total. The molecule has 0 saturated carbocycles. The standard InChI is InChI=1S/C26H35N7O7/c27-21(34)9-7-18(31-23(36)17-6-3-11-29-17)24(37)32-19(8-10-22(28)35)25(38)33-20(26(39)40)12-14-13-30-16-5-2-1-4-15(14)16/h1-2,4-5,13,17-20,29-30H,3,6-12H2,(H2,27,34)(H2,28,35)(H,31,36)(H,32,37)(H,33,38)(H,39,40). The first-order chi connectivity index (χ1) is 19.0. The highest BCUT2D eigenvalue weighted by Gasteiger charge is 2.32. The molecule has 3 rings (SSSR count). The third-order valence-electron chi connectivity index (χ3n) is 6.72. The lowest BCUT2D eigenvalue weighted by molar-refractivity contribution is -0.142. The number of hydrogen-bond acceptors (Lipinski definition) is 7. The summed E-state index contributed by atoms with van der Waals surface area (Å²) in [5.41, 5.74) is 11.9. The van der Waals surface area contributed by atoms with Crippen molar-refractivity contribution in [1.82, 2.24) is 26.3 Å². The lowest BCUT2D eigenvalue weighted by Gasteiger charge is -2.25. The van der Waals surface area contributed by atoms with Gasteiger partial charge in [0.15, 0.2) is 0 Å². The predicted molar refractivity (Wildman–Crippen MR) is 143 cm³/mol. The Bertz CT molecular complexity index is 1260. The zero-order valence-electron chi connectivity index (χ0n) is 21.9. The summed E-state index contributed by atoms with van der Waals surface area (Å²) in [7, 11) is 0. The van der Waals surface area contributed by atoms with Crippen LogP contribution in [0, 0.1) is 0 Å². The Morgan fingerprint density at radius 1 is 0.900 bits per heavy atom. The van der Waals surface area contributed by atoms with Gasteiger partial charge in [-0.3, -0.25) is 24.0 Å². The second kappa shape index (κ2) is 14.1. The zero-order chi connectivity index (χ0) is 29.2. The van der Waals surface area contributed by atoms with E-state index in [1.807, 2.05) is 18.2 Å². The number of carboxylic acids is 1. The number of aromatic amines is 1. The van der Waals surface area contributed by atoms with Gasteiger partial charge in [0.1, 0.15) is 18.1 Å². The van der Waals surface area contributed by atoms with Crippen molar-refractivity contribution >= 4 is 46.4 Å². The predicted octanol–water partition coefficient (Wildman–Crippen LogP) is -1.47. The quantitative estimate of drug-likeness (QED) is 0.128. The van der Waals surface area contributed by atoms with Gasteiger partial charge in [-0.15, -0.1) is 0 Å². The number of carbonyl (C=O) groups excluding carboxylic acids is 5. The molecule has 14 nitrogen and oxygen atoms in total. The minimum atomic E-state index is -1.35. The van der Waals surface area contributed by atoms with E-state index >= 15 is 0 Å². The van der Waals surface area contributed by atoms with Crippen LogP contribution < -0.4 is 32.7 Å². The Hall–Kier alpha value is -4.46. The highest BCUT2D eigenvalue weighted by atomic mass is 16.4. The van der Waals surface area contributed by atoms with Crippen LogP contribution in [-0.2, 0) is 35.2 Å². The van der Waals surface area contributed by atoms with E-state index in [9.17, 15) is 33.9 Å². The molecule has 0 aliphatic carbocycles. The van der Waals surface area contributed by atoms with Crippen LogP contribution in [0.4, 0.5) is 0 Å². The third-order valence-corrected chi connectivity index (χ3v) is 6.72. The molecule has 1 aromatic heterocycles. The maximum Gasteiger partial charge on any atom is 0.326 e. The Balaban J connectivity index is 1.74. The van der Waals surface area contributed by atoms with E-state index in [2.05, 4.69) is 26.3 Å². The summed E-state index contributed by atoms with van der Waals surface area (Å²) < 4.78 is 0. The molecule has 216 valence electrons. The summed E-state index contributed by atoms with van der Waals surface area (Å²) in [5, 5.41) is 21.1. The summed E-state index contributed by atoms with van der Waals surface area (Å²) >= 11 is 0. The summed E-state index contributed by atoms with van der Waals surface area (Å²) in [4.78, 5) is 76.9. The van der Waals surface area contributed by atoms with Gasteiger partial charge >= 0.3 is 5.97 Å². The Kier molecular flexibility index (Phi) is 10.6. The van der Waals surface area contributed by atoms with E-state index in [0.29, 0.717) is 18.5 Å². The molecule has 2 aromatic rings. The van der Waals surface area contributed by atoms with Crippen LogP contribution >= 0.6 is 0 Å². The minimum absolute atomic E-state index is 0.0484. The van der Waals surface area contributed by atoms with Gasteiger partial charge < -0.3 is 42.8 Å². The first kappa shape index (κ1) is 30.1. The highest BCUT2D eigenvalue weighted by Crippen LogP contribution is 2.19. The van der Waals surface area contributed by atoms with E-state index in [4.69, 9.17) is 11.5 Å². The second-order valence-corrected chi connectivity index (χ2v) is 9.74. The number of para-hydroxylation sites is 1. The Labute approximate surface area is 230 Å². The van der Waals surface area contributed by atoms with Crippen LogP contribution in [0.3, 0.4) is 0 Å². The fraction of sp³-hybridized carbons (Fsp3) is 0.462. The van der Waals surface area contributed by atoms with Crippen LogP contribution in [0.2, 0.25) is 0 Å². The lowest BCUT2D eigenvalue weighted by Crippen LogP contribution is -2.57. The normalized spacial score (nSPS) is 16.9. The van der Waals surface area contributed by atoms with E-state index in [-0.39, 0.29) is 32.1 Å². The molecule has 1 aromatic carbocycles. The van der Waals surface area contributed by atoms with E-state index in [0.717, 1.165) is 17.3 Å². The Morgan fingerprint density at radius 3 is 2.08 bits per heavy atom. The summed E-state index contributed by atoms with van der Waals surface area (Å²) in [6.07, 6.45) is 2.15. The average Bonchev–Trinajstić information content (AvgIpc) is 3.59. The fourth-order valence-corrected chi connectivity index (χ4v) is 4.56. The number of benzene rings is 1. The SMILES string of the molecule is NC(=O)CCC(NC(=O)C(CCC(N)=O)NC(=O)C1CCCN1)C(=O)NC(Cc1c[nH]c2ccccc12)C(=O)O. The fourth-order valence-electron chi connectivity index (χ4n) is 4.56. The number of hydrogen-bond donors (Lipinski definition) is 8. The van der Waals surface area contributed by atoms with Crippen molar-refractivity contribution in [2.45, 2.75) is 69.1 Å².